The minimum absolute atomic E-state index is 0.138. The lowest BCUT2D eigenvalue weighted by molar-refractivity contribution is 0.0717. The number of aliphatic hydroxyl groups excluding tert-OH is 1. The zero-order chi connectivity index (χ0) is 11.9. The van der Waals surface area contributed by atoms with Crippen molar-refractivity contribution in [3.63, 3.8) is 0 Å². The maximum atomic E-state index is 9.59. The minimum atomic E-state index is 0.138. The molecule has 0 aromatic heterocycles. The standard InChI is InChI=1S/C13H27NO2/c1-3-12(9-16-2)14-10-13(11-15)7-5-4-6-8-13/h12,14-15H,3-11H2,1-2H3. The lowest BCUT2D eigenvalue weighted by atomic mass is 9.74. The molecule has 0 aromatic rings. The van der Waals surface area contributed by atoms with Crippen molar-refractivity contribution < 1.29 is 9.84 Å². The number of hydrogen-bond donors (Lipinski definition) is 2. The number of ether oxygens (including phenoxy) is 1. The van der Waals surface area contributed by atoms with Crippen molar-refractivity contribution in [2.45, 2.75) is 51.5 Å². The maximum Gasteiger partial charge on any atom is 0.0615 e. The molecule has 3 heteroatoms. The summed E-state index contributed by atoms with van der Waals surface area (Å²) in [6, 6.07) is 0.426. The average molecular weight is 229 g/mol. The molecule has 1 aliphatic carbocycles. The molecule has 0 spiro atoms. The first-order chi connectivity index (χ1) is 7.76. The molecule has 1 unspecified atom stereocenters. The van der Waals surface area contributed by atoms with Crippen LogP contribution >= 0.6 is 0 Å². The lowest BCUT2D eigenvalue weighted by Gasteiger charge is -2.37. The third-order valence-corrected chi connectivity index (χ3v) is 3.88. The predicted molar refractivity (Wildman–Crippen MR) is 66.6 cm³/mol. The van der Waals surface area contributed by atoms with Crippen LogP contribution in [0.3, 0.4) is 0 Å². The Morgan fingerprint density at radius 3 is 2.50 bits per heavy atom. The van der Waals surface area contributed by atoms with Gasteiger partial charge in [0.2, 0.25) is 0 Å². The molecule has 0 aliphatic heterocycles. The molecule has 0 aromatic carbocycles. The van der Waals surface area contributed by atoms with Crippen LogP contribution in [0.1, 0.15) is 45.4 Å². The van der Waals surface area contributed by atoms with Gasteiger partial charge in [-0.1, -0.05) is 26.2 Å². The zero-order valence-electron chi connectivity index (χ0n) is 10.8. The summed E-state index contributed by atoms with van der Waals surface area (Å²) in [4.78, 5) is 0. The quantitative estimate of drug-likeness (QED) is 0.701. The van der Waals surface area contributed by atoms with Crippen LogP contribution in [0.25, 0.3) is 0 Å². The number of rotatable bonds is 7. The first-order valence-corrected chi connectivity index (χ1v) is 6.59. The largest absolute Gasteiger partial charge is 0.396 e. The fourth-order valence-corrected chi connectivity index (χ4v) is 2.58. The molecule has 2 N–H and O–H groups in total. The van der Waals surface area contributed by atoms with E-state index in [4.69, 9.17) is 4.74 Å². The Bertz CT molecular complexity index is 179. The molecule has 1 rings (SSSR count). The van der Waals surface area contributed by atoms with Crippen molar-refractivity contribution >= 4 is 0 Å². The van der Waals surface area contributed by atoms with Gasteiger partial charge in [0.15, 0.2) is 0 Å². The van der Waals surface area contributed by atoms with E-state index in [-0.39, 0.29) is 5.41 Å². The van der Waals surface area contributed by atoms with Crippen LogP contribution in [0, 0.1) is 5.41 Å². The summed E-state index contributed by atoms with van der Waals surface area (Å²) in [6.07, 6.45) is 7.28. The normalized spacial score (nSPS) is 21.9. The number of methoxy groups -OCH3 is 1. The summed E-state index contributed by atoms with van der Waals surface area (Å²) in [5, 5.41) is 13.1. The van der Waals surface area contributed by atoms with E-state index in [9.17, 15) is 5.11 Å². The van der Waals surface area contributed by atoms with Gasteiger partial charge in [-0.3, -0.25) is 0 Å². The van der Waals surface area contributed by atoms with E-state index in [1.807, 2.05) is 0 Å². The second-order valence-corrected chi connectivity index (χ2v) is 5.16. The minimum Gasteiger partial charge on any atom is -0.396 e. The zero-order valence-corrected chi connectivity index (χ0v) is 10.8. The Balaban J connectivity index is 2.36. The Morgan fingerprint density at radius 2 is 2.00 bits per heavy atom. The molecule has 96 valence electrons. The number of hydrogen-bond acceptors (Lipinski definition) is 3. The van der Waals surface area contributed by atoms with E-state index in [1.165, 1.54) is 32.1 Å². The van der Waals surface area contributed by atoms with Crippen LogP contribution in [-0.4, -0.2) is 38.0 Å². The second kappa shape index (κ2) is 7.25. The van der Waals surface area contributed by atoms with Crippen LogP contribution in [0.2, 0.25) is 0 Å². The highest BCUT2D eigenvalue weighted by Gasteiger charge is 2.31. The number of nitrogens with one attached hydrogen (secondary N) is 1. The van der Waals surface area contributed by atoms with Crippen molar-refractivity contribution in [2.24, 2.45) is 5.41 Å². The second-order valence-electron chi connectivity index (χ2n) is 5.16. The van der Waals surface area contributed by atoms with Crippen molar-refractivity contribution in [1.82, 2.24) is 5.32 Å². The highest BCUT2D eigenvalue weighted by atomic mass is 16.5. The molecule has 0 amide bonds. The third-order valence-electron chi connectivity index (χ3n) is 3.88. The monoisotopic (exact) mass is 229 g/mol. The summed E-state index contributed by atoms with van der Waals surface area (Å²) in [5.41, 5.74) is 0.138. The highest BCUT2D eigenvalue weighted by Crippen LogP contribution is 2.35. The van der Waals surface area contributed by atoms with Gasteiger partial charge in [-0.25, -0.2) is 0 Å². The lowest BCUT2D eigenvalue weighted by Crippen LogP contribution is -2.44. The fourth-order valence-electron chi connectivity index (χ4n) is 2.58. The topological polar surface area (TPSA) is 41.5 Å². The Morgan fingerprint density at radius 1 is 1.31 bits per heavy atom. The molecular weight excluding hydrogens is 202 g/mol. The summed E-state index contributed by atoms with van der Waals surface area (Å²) < 4.78 is 5.18. The number of aliphatic hydroxyl groups is 1. The Labute approximate surface area is 99.6 Å². The summed E-state index contributed by atoms with van der Waals surface area (Å²) in [7, 11) is 1.74. The van der Waals surface area contributed by atoms with Crippen molar-refractivity contribution in [3.05, 3.63) is 0 Å². The molecule has 1 fully saturated rings. The molecule has 16 heavy (non-hydrogen) atoms. The first-order valence-electron chi connectivity index (χ1n) is 6.59. The Hall–Kier alpha value is -0.120. The van der Waals surface area contributed by atoms with E-state index in [0.29, 0.717) is 12.6 Å². The maximum absolute atomic E-state index is 9.59. The van der Waals surface area contributed by atoms with Gasteiger partial charge in [0.05, 0.1) is 6.61 Å². The summed E-state index contributed by atoms with van der Waals surface area (Å²) >= 11 is 0. The summed E-state index contributed by atoms with van der Waals surface area (Å²) in [6.45, 7) is 4.19. The van der Waals surface area contributed by atoms with Gasteiger partial charge in [0.25, 0.3) is 0 Å². The van der Waals surface area contributed by atoms with E-state index in [1.54, 1.807) is 7.11 Å². The van der Waals surface area contributed by atoms with Crippen molar-refractivity contribution in [2.75, 3.05) is 26.9 Å². The Kier molecular flexibility index (Phi) is 6.32. The van der Waals surface area contributed by atoms with Crippen LogP contribution in [0.5, 0.6) is 0 Å². The van der Waals surface area contributed by atoms with E-state index in [0.717, 1.165) is 19.6 Å². The molecule has 0 saturated heterocycles. The van der Waals surface area contributed by atoms with Gasteiger partial charge in [0, 0.05) is 31.7 Å². The van der Waals surface area contributed by atoms with Crippen LogP contribution < -0.4 is 5.32 Å². The molecule has 1 atom stereocenters. The molecule has 1 aliphatic rings. The SMILES string of the molecule is CCC(COC)NCC1(CO)CCCCC1. The van der Waals surface area contributed by atoms with Gasteiger partial charge in [-0.2, -0.15) is 0 Å². The van der Waals surface area contributed by atoms with Gasteiger partial charge < -0.3 is 15.2 Å². The third kappa shape index (κ3) is 4.04. The van der Waals surface area contributed by atoms with Crippen LogP contribution in [0.15, 0.2) is 0 Å². The molecular formula is C13H27NO2. The summed E-state index contributed by atoms with van der Waals surface area (Å²) in [5.74, 6) is 0. The fraction of sp³-hybridized carbons (Fsp3) is 1.00. The molecule has 0 heterocycles. The van der Waals surface area contributed by atoms with Gasteiger partial charge in [0.1, 0.15) is 0 Å². The van der Waals surface area contributed by atoms with Crippen molar-refractivity contribution in [3.8, 4) is 0 Å². The van der Waals surface area contributed by atoms with Crippen LogP contribution in [0.4, 0.5) is 0 Å². The molecule has 0 radical (unpaired) electrons. The van der Waals surface area contributed by atoms with Gasteiger partial charge in [-0.05, 0) is 19.3 Å². The molecule has 0 bridgehead atoms. The molecule has 3 nitrogen and oxygen atoms in total. The highest BCUT2D eigenvalue weighted by molar-refractivity contribution is 4.85. The average Bonchev–Trinajstić information content (AvgIpc) is 2.35. The molecule has 1 saturated carbocycles. The van der Waals surface area contributed by atoms with E-state index in [2.05, 4.69) is 12.2 Å². The van der Waals surface area contributed by atoms with E-state index < -0.39 is 0 Å². The van der Waals surface area contributed by atoms with Crippen molar-refractivity contribution in [1.29, 1.82) is 0 Å². The van der Waals surface area contributed by atoms with Crippen LogP contribution in [-0.2, 0) is 4.74 Å². The van der Waals surface area contributed by atoms with Gasteiger partial charge >= 0.3 is 0 Å². The van der Waals surface area contributed by atoms with E-state index >= 15 is 0 Å². The van der Waals surface area contributed by atoms with Gasteiger partial charge in [-0.15, -0.1) is 0 Å². The predicted octanol–water partition coefficient (Wildman–Crippen LogP) is 1.94. The first kappa shape index (κ1) is 13.9. The smallest absolute Gasteiger partial charge is 0.0615 e.